The van der Waals surface area contributed by atoms with Crippen molar-refractivity contribution in [2.75, 3.05) is 0 Å². The van der Waals surface area contributed by atoms with Gasteiger partial charge in [0.15, 0.2) is 0 Å². The van der Waals surface area contributed by atoms with Crippen LogP contribution >= 0.6 is 35.3 Å². The molecule has 0 N–H and O–H groups in total. The predicted molar refractivity (Wildman–Crippen MR) is 205 cm³/mol. The van der Waals surface area contributed by atoms with Crippen LogP contribution in [0, 0.1) is 0 Å². The molecule has 0 aliphatic carbocycles. The van der Waals surface area contributed by atoms with Crippen LogP contribution < -0.4 is 32.8 Å². The Morgan fingerprint density at radius 1 is 0.298 bits per heavy atom. The molecule has 0 saturated carbocycles. The van der Waals surface area contributed by atoms with Crippen molar-refractivity contribution in [3.8, 4) is 22.3 Å². The second-order valence-corrected chi connectivity index (χ2v) is 15.6. The Labute approximate surface area is 289 Å². The molecule has 3 aliphatic rings. The summed E-state index contributed by atoms with van der Waals surface area (Å²) in [6, 6.07) is 58.9. The third-order valence-electron chi connectivity index (χ3n) is 9.76. The molecule has 218 valence electrons. The summed E-state index contributed by atoms with van der Waals surface area (Å²) in [5.41, 5.74) is 13.6. The van der Waals surface area contributed by atoms with E-state index in [1.54, 1.807) is 0 Å². The second-order valence-electron chi connectivity index (χ2n) is 12.3. The summed E-state index contributed by atoms with van der Waals surface area (Å²) in [6.45, 7) is 0.301. The molecule has 0 spiro atoms. The summed E-state index contributed by atoms with van der Waals surface area (Å²) in [6.07, 6.45) is 0. The van der Waals surface area contributed by atoms with E-state index in [0.29, 0.717) is 0 Å². The van der Waals surface area contributed by atoms with Crippen molar-refractivity contribution < 1.29 is 0 Å². The molecule has 3 heterocycles. The van der Waals surface area contributed by atoms with Crippen molar-refractivity contribution >= 4 is 81.5 Å². The lowest BCUT2D eigenvalue weighted by atomic mass is 9.32. The molecule has 0 fully saturated rings. The maximum Gasteiger partial charge on any atom is 0.247 e. The highest BCUT2D eigenvalue weighted by Gasteiger charge is 2.41. The zero-order valence-electron chi connectivity index (χ0n) is 25.4. The Morgan fingerprint density at radius 2 is 0.723 bits per heavy atom. The van der Waals surface area contributed by atoms with Gasteiger partial charge in [0.1, 0.15) is 0 Å². The predicted octanol–water partition coefficient (Wildman–Crippen LogP) is 7.45. The van der Waals surface area contributed by atoms with Crippen molar-refractivity contribution in [3.05, 3.63) is 158 Å². The number of hydrogen-bond acceptors (Lipinski definition) is 3. The Morgan fingerprint density at radius 3 is 1.30 bits per heavy atom. The number of benzene rings is 7. The van der Waals surface area contributed by atoms with Crippen molar-refractivity contribution in [1.82, 2.24) is 0 Å². The lowest BCUT2D eigenvalue weighted by Crippen LogP contribution is -2.61. The molecule has 0 bridgehead atoms. The smallest absolute Gasteiger partial charge is 0.0911 e. The Hall–Kier alpha value is -4.28. The van der Waals surface area contributed by atoms with Crippen molar-refractivity contribution in [1.29, 1.82) is 0 Å². The standard InChI is InChI=1S/C42H26B2S3/c1-3-13-27(14-4-1)29-17-11-18-30(28-15-5-2-6-16-28)41(29)43-31-19-7-10-22-36(31)46-39-26-40-34(25-33(39)43)44-32-20-8-9-21-35(32)45-37-23-12-24-38(47-40)42(37)44/h1-26H. The molecular formula is C42H26B2S3. The van der Waals surface area contributed by atoms with Crippen LogP contribution in [0.5, 0.6) is 0 Å². The van der Waals surface area contributed by atoms with Gasteiger partial charge in [-0.15, -0.1) is 0 Å². The van der Waals surface area contributed by atoms with E-state index in [4.69, 9.17) is 0 Å². The van der Waals surface area contributed by atoms with Gasteiger partial charge in [0, 0.05) is 29.4 Å². The Bertz CT molecular complexity index is 2300. The fourth-order valence-electron chi connectivity index (χ4n) is 7.76. The summed E-state index contributed by atoms with van der Waals surface area (Å²) >= 11 is 5.80. The Kier molecular flexibility index (Phi) is 6.60. The first-order valence-electron chi connectivity index (χ1n) is 16.1. The average Bonchev–Trinajstić information content (AvgIpc) is 3.13. The highest BCUT2D eigenvalue weighted by molar-refractivity contribution is 8.01. The first-order valence-corrected chi connectivity index (χ1v) is 18.5. The molecule has 7 aromatic rings. The summed E-state index contributed by atoms with van der Waals surface area (Å²) in [7, 11) is 0. The molecular weight excluding hydrogens is 622 g/mol. The summed E-state index contributed by atoms with van der Waals surface area (Å²) < 4.78 is 0. The molecule has 7 aromatic carbocycles. The van der Waals surface area contributed by atoms with Gasteiger partial charge in [-0.2, -0.15) is 0 Å². The van der Waals surface area contributed by atoms with Crippen LogP contribution in [0.4, 0.5) is 0 Å². The fourth-order valence-corrected chi connectivity index (χ4v) is 11.4. The van der Waals surface area contributed by atoms with Gasteiger partial charge in [-0.25, -0.2) is 0 Å². The van der Waals surface area contributed by atoms with E-state index in [1.807, 2.05) is 35.3 Å². The van der Waals surface area contributed by atoms with Gasteiger partial charge in [0.05, 0.1) is 0 Å². The topological polar surface area (TPSA) is 0 Å². The monoisotopic (exact) mass is 648 g/mol. The molecule has 5 heteroatoms. The van der Waals surface area contributed by atoms with E-state index in [9.17, 15) is 0 Å². The first-order chi connectivity index (χ1) is 23.3. The van der Waals surface area contributed by atoms with Gasteiger partial charge in [-0.1, -0.05) is 190 Å². The van der Waals surface area contributed by atoms with Crippen LogP contribution in [0.25, 0.3) is 22.3 Å². The van der Waals surface area contributed by atoms with Crippen molar-refractivity contribution in [2.45, 2.75) is 29.4 Å². The van der Waals surface area contributed by atoms with E-state index in [0.717, 1.165) is 0 Å². The van der Waals surface area contributed by atoms with Gasteiger partial charge in [-0.05, 0) is 58.0 Å². The molecule has 0 saturated heterocycles. The molecule has 3 aliphatic heterocycles. The molecule has 0 nitrogen and oxygen atoms in total. The zero-order chi connectivity index (χ0) is 30.9. The highest BCUT2D eigenvalue weighted by atomic mass is 32.2. The van der Waals surface area contributed by atoms with Gasteiger partial charge in [-0.3, -0.25) is 0 Å². The van der Waals surface area contributed by atoms with Crippen LogP contribution in [0.2, 0.25) is 0 Å². The first kappa shape index (κ1) is 27.8. The van der Waals surface area contributed by atoms with Crippen LogP contribution in [0.1, 0.15) is 0 Å². The van der Waals surface area contributed by atoms with E-state index in [-0.39, 0.29) is 13.4 Å². The van der Waals surface area contributed by atoms with Gasteiger partial charge < -0.3 is 0 Å². The number of rotatable bonds is 3. The lowest BCUT2D eigenvalue weighted by molar-refractivity contribution is 1.31. The zero-order valence-corrected chi connectivity index (χ0v) is 27.8. The van der Waals surface area contributed by atoms with E-state index in [1.165, 1.54) is 84.4 Å². The summed E-state index contributed by atoms with van der Waals surface area (Å²) in [5.74, 6) is 0. The molecule has 0 aromatic heterocycles. The van der Waals surface area contributed by atoms with Gasteiger partial charge in [0.25, 0.3) is 0 Å². The maximum absolute atomic E-state index is 2.60. The second kappa shape index (κ2) is 11.2. The number of fused-ring (bicyclic) bond motifs is 6. The van der Waals surface area contributed by atoms with E-state index >= 15 is 0 Å². The van der Waals surface area contributed by atoms with Crippen LogP contribution in [-0.4, -0.2) is 13.4 Å². The van der Waals surface area contributed by atoms with Gasteiger partial charge >= 0.3 is 0 Å². The van der Waals surface area contributed by atoms with Crippen LogP contribution in [-0.2, 0) is 0 Å². The minimum Gasteiger partial charge on any atom is -0.0911 e. The third kappa shape index (κ3) is 4.44. The van der Waals surface area contributed by atoms with E-state index < -0.39 is 0 Å². The average molecular weight is 648 g/mol. The molecule has 0 radical (unpaired) electrons. The van der Waals surface area contributed by atoms with Crippen LogP contribution in [0.3, 0.4) is 0 Å². The third-order valence-corrected chi connectivity index (χ3v) is 13.2. The quantitative estimate of drug-likeness (QED) is 0.183. The van der Waals surface area contributed by atoms with Crippen molar-refractivity contribution in [2.24, 2.45) is 0 Å². The SMILES string of the molecule is c1ccc(-c2cccc(-c3ccccc3)c2B2c3ccccc3Sc3cc4c(cc32)B2c3ccccc3Sc3cccc(c32)S4)cc1. The minimum absolute atomic E-state index is 0.0780. The fraction of sp³-hybridized carbons (Fsp3) is 0. The van der Waals surface area contributed by atoms with Gasteiger partial charge in [0.2, 0.25) is 13.4 Å². The summed E-state index contributed by atoms with van der Waals surface area (Å²) in [4.78, 5) is 8.23. The molecule has 0 atom stereocenters. The summed E-state index contributed by atoms with van der Waals surface area (Å²) in [5, 5.41) is 0. The van der Waals surface area contributed by atoms with Crippen molar-refractivity contribution in [3.63, 3.8) is 0 Å². The molecule has 0 unspecified atom stereocenters. The highest BCUT2D eigenvalue weighted by Crippen LogP contribution is 2.40. The minimum atomic E-state index is 0.0780. The van der Waals surface area contributed by atoms with E-state index in [2.05, 4.69) is 158 Å². The molecule has 0 amide bonds. The number of hydrogen-bond donors (Lipinski definition) is 0. The lowest BCUT2D eigenvalue weighted by Gasteiger charge is -2.35. The molecule has 47 heavy (non-hydrogen) atoms. The normalized spacial score (nSPS) is 13.6. The maximum atomic E-state index is 2.60. The molecule has 10 rings (SSSR count). The Balaban J connectivity index is 1.27. The largest absolute Gasteiger partial charge is 0.247 e. The van der Waals surface area contributed by atoms with Crippen LogP contribution in [0.15, 0.2) is 187 Å².